The second-order valence-corrected chi connectivity index (χ2v) is 5.59. The number of aliphatic carboxylic acids is 1. The van der Waals surface area contributed by atoms with Crippen molar-refractivity contribution in [3.63, 3.8) is 0 Å². The van der Waals surface area contributed by atoms with Crippen molar-refractivity contribution in [2.24, 2.45) is 0 Å². The smallest absolute Gasteiger partial charge is 0.416 e. The number of carboxylic acid groups (broad SMARTS) is 1. The van der Waals surface area contributed by atoms with Gasteiger partial charge in [-0.2, -0.15) is 13.2 Å². The summed E-state index contributed by atoms with van der Waals surface area (Å²) in [5.41, 5.74) is -0.873. The Labute approximate surface area is 139 Å². The number of hydrogen-bond acceptors (Lipinski definition) is 4. The van der Waals surface area contributed by atoms with E-state index in [4.69, 9.17) is 5.11 Å². The van der Waals surface area contributed by atoms with Crippen molar-refractivity contribution in [3.8, 4) is 5.69 Å². The van der Waals surface area contributed by atoms with Gasteiger partial charge in [-0.3, -0.25) is 4.79 Å². The lowest BCUT2D eigenvalue weighted by Gasteiger charge is -2.19. The van der Waals surface area contributed by atoms with Gasteiger partial charge in [0.05, 0.1) is 17.4 Å². The topological polar surface area (TPSA) is 88.3 Å². The number of hydrogen-bond donors (Lipinski definition) is 1. The molecule has 0 unspecified atom stereocenters. The molecule has 132 valence electrons. The largest absolute Gasteiger partial charge is 0.480 e. The molecule has 1 fully saturated rings. The van der Waals surface area contributed by atoms with Gasteiger partial charge in [-0.05, 0) is 31.0 Å². The molecule has 1 aromatic heterocycles. The summed E-state index contributed by atoms with van der Waals surface area (Å²) < 4.78 is 39.4. The molecule has 1 aliphatic heterocycles. The van der Waals surface area contributed by atoms with Crippen LogP contribution < -0.4 is 0 Å². The molecule has 1 amide bonds. The molecule has 10 heteroatoms. The molecular formula is C15H13F3N4O3. The quantitative estimate of drug-likeness (QED) is 0.910. The summed E-state index contributed by atoms with van der Waals surface area (Å²) in [6, 6.07) is 3.51. The Morgan fingerprint density at radius 1 is 1.28 bits per heavy atom. The van der Waals surface area contributed by atoms with Crippen LogP contribution in [0.15, 0.2) is 30.5 Å². The number of carboxylic acids is 1. The lowest BCUT2D eigenvalue weighted by molar-refractivity contribution is -0.141. The molecule has 7 nitrogen and oxygen atoms in total. The molecule has 0 aliphatic carbocycles. The lowest BCUT2D eigenvalue weighted by Crippen LogP contribution is -2.40. The summed E-state index contributed by atoms with van der Waals surface area (Å²) in [7, 11) is 0. The number of carbonyl (C=O) groups excluding carboxylic acids is 1. The van der Waals surface area contributed by atoms with Gasteiger partial charge in [-0.1, -0.05) is 11.3 Å². The van der Waals surface area contributed by atoms with E-state index >= 15 is 0 Å². The van der Waals surface area contributed by atoms with Gasteiger partial charge < -0.3 is 10.0 Å². The van der Waals surface area contributed by atoms with Crippen molar-refractivity contribution in [1.82, 2.24) is 19.9 Å². The first-order chi connectivity index (χ1) is 11.8. The number of rotatable bonds is 3. The molecule has 0 spiro atoms. The third-order valence-electron chi connectivity index (χ3n) is 3.95. The van der Waals surface area contributed by atoms with Gasteiger partial charge in [0.1, 0.15) is 6.04 Å². The molecule has 1 atom stereocenters. The van der Waals surface area contributed by atoms with E-state index < -0.39 is 29.7 Å². The fraction of sp³-hybridized carbons (Fsp3) is 0.333. The molecule has 0 saturated carbocycles. The van der Waals surface area contributed by atoms with Crippen molar-refractivity contribution in [2.45, 2.75) is 25.1 Å². The average molecular weight is 354 g/mol. The standard InChI is InChI=1S/C15H13F3N4O3/c16-15(17,18)9-3-1-4-10(7-9)22-8-11(19-20-22)13(23)21-6-2-5-12(21)14(24)25/h1,3-4,7-8,12H,2,5-6H2,(H,24,25)/t12-/m0/s1. The Hall–Kier alpha value is -2.91. The van der Waals surface area contributed by atoms with Crippen LogP contribution in [0, 0.1) is 0 Å². The predicted octanol–water partition coefficient (Wildman–Crippen LogP) is 1.98. The van der Waals surface area contributed by atoms with E-state index in [9.17, 15) is 22.8 Å². The summed E-state index contributed by atoms with van der Waals surface area (Å²) in [5.74, 6) is -1.71. The monoisotopic (exact) mass is 354 g/mol. The van der Waals surface area contributed by atoms with Crippen molar-refractivity contribution >= 4 is 11.9 Å². The first-order valence-electron chi connectivity index (χ1n) is 7.41. The Kier molecular flexibility index (Phi) is 4.19. The highest BCUT2D eigenvalue weighted by atomic mass is 19.4. The van der Waals surface area contributed by atoms with E-state index in [0.29, 0.717) is 12.8 Å². The number of nitrogens with zero attached hydrogens (tertiary/aromatic N) is 4. The maximum Gasteiger partial charge on any atom is 0.416 e. The number of carbonyl (C=O) groups is 2. The zero-order valence-corrected chi connectivity index (χ0v) is 12.8. The van der Waals surface area contributed by atoms with E-state index in [1.165, 1.54) is 23.2 Å². The fourth-order valence-corrected chi connectivity index (χ4v) is 2.73. The van der Waals surface area contributed by atoms with Crippen LogP contribution in [0.25, 0.3) is 5.69 Å². The van der Waals surface area contributed by atoms with Gasteiger partial charge in [0.2, 0.25) is 0 Å². The van der Waals surface area contributed by atoms with Gasteiger partial charge in [0, 0.05) is 6.54 Å². The first-order valence-corrected chi connectivity index (χ1v) is 7.41. The summed E-state index contributed by atoms with van der Waals surface area (Å²) in [6.45, 7) is 0.284. The van der Waals surface area contributed by atoms with Crippen molar-refractivity contribution in [2.75, 3.05) is 6.54 Å². The van der Waals surface area contributed by atoms with Gasteiger partial charge in [-0.15, -0.1) is 5.10 Å². The van der Waals surface area contributed by atoms with Crippen LogP contribution in [0.3, 0.4) is 0 Å². The zero-order chi connectivity index (χ0) is 18.2. The second-order valence-electron chi connectivity index (χ2n) is 5.59. The first kappa shape index (κ1) is 16.9. The molecular weight excluding hydrogens is 341 g/mol. The minimum absolute atomic E-state index is 0.0950. The molecule has 1 N–H and O–H groups in total. The predicted molar refractivity (Wildman–Crippen MR) is 78.1 cm³/mol. The van der Waals surface area contributed by atoms with Crippen LogP contribution >= 0.6 is 0 Å². The summed E-state index contributed by atoms with van der Waals surface area (Å²) >= 11 is 0. The van der Waals surface area contributed by atoms with E-state index in [1.54, 1.807) is 0 Å². The molecule has 1 aliphatic rings. The van der Waals surface area contributed by atoms with Gasteiger partial charge in [-0.25, -0.2) is 9.48 Å². The number of amides is 1. The Bertz CT molecular complexity index is 818. The Morgan fingerprint density at radius 2 is 2.04 bits per heavy atom. The minimum atomic E-state index is -4.50. The maximum absolute atomic E-state index is 12.8. The van der Waals surface area contributed by atoms with Crippen LogP contribution in [0.4, 0.5) is 13.2 Å². The zero-order valence-electron chi connectivity index (χ0n) is 12.8. The highest BCUT2D eigenvalue weighted by molar-refractivity contribution is 5.95. The van der Waals surface area contributed by atoms with Gasteiger partial charge in [0.15, 0.2) is 5.69 Å². The summed E-state index contributed by atoms with van der Waals surface area (Å²) in [4.78, 5) is 24.7. The van der Waals surface area contributed by atoms with E-state index in [-0.39, 0.29) is 17.9 Å². The highest BCUT2D eigenvalue weighted by Crippen LogP contribution is 2.30. The maximum atomic E-state index is 12.8. The molecule has 0 radical (unpaired) electrons. The van der Waals surface area contributed by atoms with Crippen LogP contribution in [0.2, 0.25) is 0 Å². The van der Waals surface area contributed by atoms with Crippen LogP contribution in [-0.2, 0) is 11.0 Å². The average Bonchev–Trinajstić information content (AvgIpc) is 3.23. The van der Waals surface area contributed by atoms with Crippen molar-refractivity contribution in [3.05, 3.63) is 41.7 Å². The Balaban J connectivity index is 1.86. The molecule has 25 heavy (non-hydrogen) atoms. The number of likely N-dealkylation sites (tertiary alicyclic amines) is 1. The fourth-order valence-electron chi connectivity index (χ4n) is 2.73. The molecule has 2 aromatic rings. The van der Waals surface area contributed by atoms with E-state index in [0.717, 1.165) is 16.8 Å². The molecule has 1 aromatic carbocycles. The summed E-state index contributed by atoms with van der Waals surface area (Å²) in [5, 5.41) is 16.5. The number of aromatic nitrogens is 3. The highest BCUT2D eigenvalue weighted by Gasteiger charge is 2.35. The van der Waals surface area contributed by atoms with E-state index in [2.05, 4.69) is 10.3 Å². The normalized spacial score (nSPS) is 17.7. The molecule has 0 bridgehead atoms. The van der Waals surface area contributed by atoms with E-state index in [1.807, 2.05) is 0 Å². The van der Waals surface area contributed by atoms with Crippen LogP contribution in [0.1, 0.15) is 28.9 Å². The lowest BCUT2D eigenvalue weighted by atomic mass is 10.2. The van der Waals surface area contributed by atoms with Crippen LogP contribution in [-0.4, -0.2) is 49.5 Å². The number of benzene rings is 1. The number of halogens is 3. The number of alkyl halides is 3. The van der Waals surface area contributed by atoms with Crippen molar-refractivity contribution < 1.29 is 27.9 Å². The van der Waals surface area contributed by atoms with Crippen LogP contribution in [0.5, 0.6) is 0 Å². The third kappa shape index (κ3) is 3.32. The third-order valence-corrected chi connectivity index (χ3v) is 3.95. The minimum Gasteiger partial charge on any atom is -0.480 e. The Morgan fingerprint density at radius 3 is 2.72 bits per heavy atom. The molecule has 2 heterocycles. The molecule has 3 rings (SSSR count). The van der Waals surface area contributed by atoms with Crippen molar-refractivity contribution in [1.29, 1.82) is 0 Å². The van der Waals surface area contributed by atoms with Gasteiger partial charge >= 0.3 is 12.1 Å². The summed E-state index contributed by atoms with van der Waals surface area (Å²) in [6.07, 6.45) is -2.40. The SMILES string of the molecule is O=C(O)[C@@H]1CCCN1C(=O)c1cn(-c2cccc(C(F)(F)F)c2)nn1. The van der Waals surface area contributed by atoms with Gasteiger partial charge in [0.25, 0.3) is 5.91 Å². The second kappa shape index (κ2) is 6.19. The molecule has 1 saturated heterocycles.